The molecule has 1 aliphatic rings. The van der Waals surface area contributed by atoms with Crippen molar-refractivity contribution in [2.45, 2.75) is 44.3 Å². The third-order valence-electron chi connectivity index (χ3n) is 6.16. The van der Waals surface area contributed by atoms with E-state index in [9.17, 15) is 9.59 Å². The lowest BCUT2D eigenvalue weighted by Crippen LogP contribution is -2.45. The summed E-state index contributed by atoms with van der Waals surface area (Å²) in [6.07, 6.45) is 4.19. The highest BCUT2D eigenvalue weighted by Crippen LogP contribution is 2.33. The average molecular weight is 479 g/mol. The van der Waals surface area contributed by atoms with Gasteiger partial charge in [-0.2, -0.15) is 0 Å². The Labute approximate surface area is 204 Å². The molecule has 2 amide bonds. The van der Waals surface area contributed by atoms with E-state index in [4.69, 9.17) is 9.47 Å². The number of carbonyl (C=O) groups is 2. The number of carbonyl (C=O) groups excluding carboxylic acids is 2. The first-order valence-corrected chi connectivity index (χ1v) is 12.4. The maximum atomic E-state index is 13.9. The first-order chi connectivity index (χ1) is 16.6. The standard InChI is InChI=1S/C27H30N2O4S/c1-32-22-15-14-20(17-23(22)33-2)27(31)29(18-19-9-4-3-5-10-19)25(24-13-8-16-34-24)26(30)28-21-11-6-7-12-21/h3-5,8-10,13-17,21,25H,6-7,11-12,18H2,1-2H3,(H,28,30). The minimum Gasteiger partial charge on any atom is -0.493 e. The van der Waals surface area contributed by atoms with Gasteiger partial charge in [0.05, 0.1) is 14.2 Å². The summed E-state index contributed by atoms with van der Waals surface area (Å²) in [5, 5.41) is 5.15. The maximum absolute atomic E-state index is 13.9. The van der Waals surface area contributed by atoms with E-state index < -0.39 is 6.04 Å². The number of nitrogens with one attached hydrogen (secondary N) is 1. The summed E-state index contributed by atoms with van der Waals surface area (Å²) < 4.78 is 10.8. The van der Waals surface area contributed by atoms with Gasteiger partial charge in [-0.1, -0.05) is 49.2 Å². The lowest BCUT2D eigenvalue weighted by molar-refractivity contribution is -0.126. The van der Waals surface area contributed by atoms with E-state index in [0.717, 1.165) is 36.1 Å². The molecule has 1 atom stereocenters. The molecule has 0 spiro atoms. The first kappa shape index (κ1) is 23.8. The van der Waals surface area contributed by atoms with Crippen LogP contribution in [0, 0.1) is 0 Å². The predicted molar refractivity (Wildman–Crippen MR) is 133 cm³/mol. The summed E-state index contributed by atoms with van der Waals surface area (Å²) in [6.45, 7) is 0.300. The second-order valence-electron chi connectivity index (χ2n) is 8.40. The van der Waals surface area contributed by atoms with Crippen LogP contribution in [0.25, 0.3) is 0 Å². The Balaban J connectivity index is 1.73. The number of rotatable bonds is 9. The fourth-order valence-corrected chi connectivity index (χ4v) is 5.25. The van der Waals surface area contributed by atoms with Crippen molar-refractivity contribution >= 4 is 23.2 Å². The molecule has 1 aromatic heterocycles. The molecule has 1 saturated carbocycles. The molecule has 178 valence electrons. The molecule has 2 aromatic carbocycles. The minimum absolute atomic E-state index is 0.140. The fourth-order valence-electron chi connectivity index (χ4n) is 4.42. The number of hydrogen-bond acceptors (Lipinski definition) is 5. The molecule has 0 bridgehead atoms. The zero-order chi connectivity index (χ0) is 23.9. The van der Waals surface area contributed by atoms with Gasteiger partial charge < -0.3 is 19.7 Å². The molecule has 1 aliphatic carbocycles. The van der Waals surface area contributed by atoms with Crippen LogP contribution in [0.15, 0.2) is 66.0 Å². The van der Waals surface area contributed by atoms with Gasteiger partial charge in [0.25, 0.3) is 5.91 Å². The quantitative estimate of drug-likeness (QED) is 0.459. The monoisotopic (exact) mass is 478 g/mol. The Morgan fingerprint density at radius 3 is 2.38 bits per heavy atom. The number of amides is 2. The SMILES string of the molecule is COc1ccc(C(=O)N(Cc2ccccc2)C(C(=O)NC2CCCC2)c2cccs2)cc1OC. The number of ether oxygens (including phenoxy) is 2. The van der Waals surface area contributed by atoms with Crippen molar-refractivity contribution in [1.82, 2.24) is 10.2 Å². The Hall–Kier alpha value is -3.32. The predicted octanol–water partition coefficient (Wildman–Crippen LogP) is 5.21. The number of thiophene rings is 1. The van der Waals surface area contributed by atoms with Crippen LogP contribution in [-0.2, 0) is 11.3 Å². The van der Waals surface area contributed by atoms with Crippen molar-refractivity contribution in [3.05, 3.63) is 82.0 Å². The largest absolute Gasteiger partial charge is 0.493 e. The van der Waals surface area contributed by atoms with Crippen molar-refractivity contribution in [3.8, 4) is 11.5 Å². The Kier molecular flexibility index (Phi) is 7.85. The minimum atomic E-state index is -0.735. The molecule has 4 rings (SSSR count). The third kappa shape index (κ3) is 5.42. The maximum Gasteiger partial charge on any atom is 0.255 e. The highest BCUT2D eigenvalue weighted by molar-refractivity contribution is 7.10. The number of benzene rings is 2. The molecule has 0 radical (unpaired) electrons. The lowest BCUT2D eigenvalue weighted by Gasteiger charge is -2.31. The molecule has 1 unspecified atom stereocenters. The van der Waals surface area contributed by atoms with E-state index in [0.29, 0.717) is 23.6 Å². The Morgan fingerprint density at radius 1 is 1.00 bits per heavy atom. The summed E-state index contributed by atoms with van der Waals surface area (Å²) in [5.41, 5.74) is 1.38. The van der Waals surface area contributed by atoms with Crippen molar-refractivity contribution in [1.29, 1.82) is 0 Å². The number of nitrogens with zero attached hydrogens (tertiary/aromatic N) is 1. The van der Waals surface area contributed by atoms with Crippen LogP contribution >= 0.6 is 11.3 Å². The highest BCUT2D eigenvalue weighted by Gasteiger charge is 2.34. The zero-order valence-electron chi connectivity index (χ0n) is 19.5. The molecule has 1 heterocycles. The van der Waals surface area contributed by atoms with Gasteiger partial charge >= 0.3 is 0 Å². The molecule has 34 heavy (non-hydrogen) atoms. The molecular formula is C27H30N2O4S. The molecular weight excluding hydrogens is 448 g/mol. The van der Waals surface area contributed by atoms with Crippen LogP contribution in [0.3, 0.4) is 0 Å². The van der Waals surface area contributed by atoms with Gasteiger partial charge in [0, 0.05) is 23.0 Å². The third-order valence-corrected chi connectivity index (χ3v) is 7.09. The van der Waals surface area contributed by atoms with Crippen molar-refractivity contribution < 1.29 is 19.1 Å². The molecule has 3 aromatic rings. The van der Waals surface area contributed by atoms with E-state index >= 15 is 0 Å². The molecule has 7 heteroatoms. The van der Waals surface area contributed by atoms with Crippen molar-refractivity contribution in [2.24, 2.45) is 0 Å². The first-order valence-electron chi connectivity index (χ1n) is 11.5. The number of methoxy groups -OCH3 is 2. The molecule has 1 N–H and O–H groups in total. The molecule has 6 nitrogen and oxygen atoms in total. The van der Waals surface area contributed by atoms with Crippen LogP contribution < -0.4 is 14.8 Å². The summed E-state index contributed by atoms with van der Waals surface area (Å²) in [5.74, 6) is 0.627. The summed E-state index contributed by atoms with van der Waals surface area (Å²) >= 11 is 1.48. The van der Waals surface area contributed by atoms with E-state index in [1.807, 2.05) is 47.8 Å². The lowest BCUT2D eigenvalue weighted by atomic mass is 10.1. The topological polar surface area (TPSA) is 67.9 Å². The fraction of sp³-hybridized carbons (Fsp3) is 0.333. The Morgan fingerprint density at radius 2 is 1.74 bits per heavy atom. The van der Waals surface area contributed by atoms with Crippen LogP contribution in [0.5, 0.6) is 11.5 Å². The van der Waals surface area contributed by atoms with Crippen LogP contribution in [0.1, 0.15) is 52.5 Å². The van der Waals surface area contributed by atoms with E-state index in [1.165, 1.54) is 18.4 Å². The summed E-state index contributed by atoms with van der Waals surface area (Å²) in [4.78, 5) is 30.1. The van der Waals surface area contributed by atoms with E-state index in [2.05, 4.69) is 5.32 Å². The highest BCUT2D eigenvalue weighted by atomic mass is 32.1. The van der Waals surface area contributed by atoms with E-state index in [1.54, 1.807) is 30.2 Å². The second kappa shape index (κ2) is 11.2. The smallest absolute Gasteiger partial charge is 0.255 e. The molecule has 0 aliphatic heterocycles. The van der Waals surface area contributed by atoms with E-state index in [-0.39, 0.29) is 17.9 Å². The van der Waals surface area contributed by atoms with Gasteiger partial charge in [-0.25, -0.2) is 0 Å². The summed E-state index contributed by atoms with van der Waals surface area (Å²) in [6, 6.07) is 18.1. The van der Waals surface area contributed by atoms with Crippen LogP contribution in [0.4, 0.5) is 0 Å². The van der Waals surface area contributed by atoms with Crippen LogP contribution in [0.2, 0.25) is 0 Å². The van der Waals surface area contributed by atoms with Gasteiger partial charge in [0.1, 0.15) is 6.04 Å². The van der Waals surface area contributed by atoms with Crippen molar-refractivity contribution in [3.63, 3.8) is 0 Å². The zero-order valence-corrected chi connectivity index (χ0v) is 20.3. The average Bonchev–Trinajstić information content (AvgIpc) is 3.58. The summed E-state index contributed by atoms with van der Waals surface area (Å²) in [7, 11) is 3.10. The van der Waals surface area contributed by atoms with Gasteiger partial charge in [0.15, 0.2) is 11.5 Å². The van der Waals surface area contributed by atoms with Gasteiger partial charge in [0.2, 0.25) is 5.91 Å². The van der Waals surface area contributed by atoms with Crippen molar-refractivity contribution in [2.75, 3.05) is 14.2 Å². The normalized spacial score (nSPS) is 14.4. The number of hydrogen-bond donors (Lipinski definition) is 1. The van der Waals surface area contributed by atoms with Gasteiger partial charge in [-0.15, -0.1) is 11.3 Å². The van der Waals surface area contributed by atoms with Gasteiger partial charge in [-0.3, -0.25) is 9.59 Å². The van der Waals surface area contributed by atoms with Crippen LogP contribution in [-0.4, -0.2) is 37.0 Å². The Bertz CT molecular complexity index is 1100. The second-order valence-corrected chi connectivity index (χ2v) is 9.38. The molecule has 1 fully saturated rings. The van der Waals surface area contributed by atoms with Gasteiger partial charge in [-0.05, 0) is 48.1 Å². The molecule has 0 saturated heterocycles.